The summed E-state index contributed by atoms with van der Waals surface area (Å²) in [4.78, 5) is 3.74. The Kier molecular flexibility index (Phi) is 2.90. The maximum atomic E-state index is 11.9. The number of hydrogen-bond donors (Lipinski definition) is 2. The highest BCUT2D eigenvalue weighted by Crippen LogP contribution is 2.24. The maximum absolute atomic E-state index is 11.9. The van der Waals surface area contributed by atoms with Gasteiger partial charge in [0.2, 0.25) is 16.0 Å². The lowest BCUT2D eigenvalue weighted by Gasteiger charge is -2.21. The lowest BCUT2D eigenvalue weighted by Crippen LogP contribution is -2.30. The van der Waals surface area contributed by atoms with E-state index in [1.807, 2.05) is 0 Å². The number of rotatable bonds is 3. The van der Waals surface area contributed by atoms with Crippen molar-refractivity contribution in [2.45, 2.75) is 37.4 Å². The van der Waals surface area contributed by atoms with Crippen molar-refractivity contribution in [2.24, 2.45) is 0 Å². The zero-order valence-electron chi connectivity index (χ0n) is 8.31. The van der Waals surface area contributed by atoms with Crippen LogP contribution in [-0.4, -0.2) is 28.8 Å². The summed E-state index contributed by atoms with van der Waals surface area (Å²) in [5.74, 6) is 0.195. The Morgan fingerprint density at radius 1 is 1.33 bits per heavy atom. The zero-order chi connectivity index (χ0) is 10.7. The zero-order valence-corrected chi connectivity index (χ0v) is 9.13. The molecule has 1 heterocycles. The van der Waals surface area contributed by atoms with Gasteiger partial charge in [-0.05, 0) is 12.8 Å². The molecule has 1 fully saturated rings. The minimum Gasteiger partial charge on any atom is -0.251 e. The predicted octanol–water partition coefficient (Wildman–Crippen LogP) is 0.879. The van der Waals surface area contributed by atoms with E-state index in [9.17, 15) is 8.42 Å². The third kappa shape index (κ3) is 2.47. The van der Waals surface area contributed by atoms with E-state index in [-0.39, 0.29) is 11.2 Å². The molecular weight excluding hydrogens is 216 g/mol. The molecule has 0 unspecified atom stereocenters. The summed E-state index contributed by atoms with van der Waals surface area (Å²) in [7, 11) is -3.29. The Hall–Kier alpha value is -1.11. The average molecular weight is 230 g/mol. The summed E-state index contributed by atoms with van der Waals surface area (Å²) >= 11 is 0. The number of nitrogens with zero attached hydrogens (tertiary/aromatic N) is 2. The van der Waals surface area contributed by atoms with Crippen molar-refractivity contribution < 1.29 is 8.42 Å². The highest BCUT2D eigenvalue weighted by atomic mass is 32.2. The monoisotopic (exact) mass is 230 g/mol. The molecule has 1 saturated carbocycles. The Balaban J connectivity index is 2.05. The molecular formula is C8H14N4O2S. The van der Waals surface area contributed by atoms with E-state index in [1.54, 1.807) is 0 Å². The maximum Gasteiger partial charge on any atom is 0.237 e. The van der Waals surface area contributed by atoms with E-state index < -0.39 is 10.0 Å². The van der Waals surface area contributed by atoms with Crippen molar-refractivity contribution in [2.75, 3.05) is 4.72 Å². The van der Waals surface area contributed by atoms with Crippen LogP contribution in [0.25, 0.3) is 0 Å². The van der Waals surface area contributed by atoms with Crippen LogP contribution in [0.1, 0.15) is 32.1 Å². The van der Waals surface area contributed by atoms with E-state index in [2.05, 4.69) is 19.9 Å². The van der Waals surface area contributed by atoms with E-state index >= 15 is 0 Å². The van der Waals surface area contributed by atoms with Crippen LogP contribution in [0.3, 0.4) is 0 Å². The third-order valence-corrected chi connectivity index (χ3v) is 4.47. The Bertz CT molecular complexity index is 394. The van der Waals surface area contributed by atoms with Crippen molar-refractivity contribution in [1.29, 1.82) is 0 Å². The fourth-order valence-corrected chi connectivity index (χ4v) is 3.34. The number of sulfonamides is 1. The summed E-state index contributed by atoms with van der Waals surface area (Å²) < 4.78 is 26.1. The topological polar surface area (TPSA) is 87.7 Å². The molecule has 0 aliphatic heterocycles. The Morgan fingerprint density at radius 2 is 2.07 bits per heavy atom. The molecule has 0 aromatic carbocycles. The van der Waals surface area contributed by atoms with Gasteiger partial charge < -0.3 is 0 Å². The van der Waals surface area contributed by atoms with Gasteiger partial charge in [0.05, 0.1) is 5.25 Å². The van der Waals surface area contributed by atoms with Crippen LogP contribution in [0.5, 0.6) is 0 Å². The van der Waals surface area contributed by atoms with Gasteiger partial charge in [0.1, 0.15) is 6.33 Å². The van der Waals surface area contributed by atoms with Gasteiger partial charge in [0.15, 0.2) is 0 Å². The highest BCUT2D eigenvalue weighted by Gasteiger charge is 2.27. The minimum atomic E-state index is -3.29. The number of anilines is 1. The first-order valence-electron chi connectivity index (χ1n) is 5.05. The lowest BCUT2D eigenvalue weighted by atomic mass is 10.0. The van der Waals surface area contributed by atoms with Crippen LogP contribution >= 0.6 is 0 Å². The van der Waals surface area contributed by atoms with Crippen LogP contribution in [0.2, 0.25) is 0 Å². The van der Waals surface area contributed by atoms with Crippen LogP contribution in [-0.2, 0) is 10.0 Å². The standard InChI is InChI=1S/C8H14N4O2S/c13-15(14,7-4-2-1-3-5-7)12-8-9-6-10-11-8/h6-7H,1-5H2,(H2,9,10,11,12). The molecule has 0 saturated heterocycles. The van der Waals surface area contributed by atoms with E-state index in [4.69, 9.17) is 0 Å². The molecule has 1 aromatic rings. The summed E-state index contributed by atoms with van der Waals surface area (Å²) in [5, 5.41) is 5.79. The predicted molar refractivity (Wildman–Crippen MR) is 55.8 cm³/mol. The number of aromatic nitrogens is 3. The second kappa shape index (κ2) is 4.18. The van der Waals surface area contributed by atoms with Gasteiger partial charge in [-0.3, -0.25) is 4.72 Å². The largest absolute Gasteiger partial charge is 0.251 e. The van der Waals surface area contributed by atoms with Gasteiger partial charge >= 0.3 is 0 Å². The summed E-state index contributed by atoms with van der Waals surface area (Å²) in [6.07, 6.45) is 5.87. The highest BCUT2D eigenvalue weighted by molar-refractivity contribution is 7.93. The van der Waals surface area contributed by atoms with E-state index in [0.29, 0.717) is 0 Å². The van der Waals surface area contributed by atoms with Gasteiger partial charge in [-0.1, -0.05) is 19.3 Å². The molecule has 84 valence electrons. The molecule has 1 aromatic heterocycles. The van der Waals surface area contributed by atoms with Crippen LogP contribution in [0.4, 0.5) is 5.95 Å². The number of hydrogen-bond acceptors (Lipinski definition) is 4. The average Bonchev–Trinajstić information content (AvgIpc) is 2.71. The van der Waals surface area contributed by atoms with Gasteiger partial charge in [-0.25, -0.2) is 13.5 Å². The van der Waals surface area contributed by atoms with Crippen molar-refractivity contribution in [3.63, 3.8) is 0 Å². The van der Waals surface area contributed by atoms with Crippen LogP contribution in [0.15, 0.2) is 6.33 Å². The molecule has 0 radical (unpaired) electrons. The third-order valence-electron chi connectivity index (χ3n) is 2.64. The fraction of sp³-hybridized carbons (Fsp3) is 0.750. The normalized spacial score (nSPS) is 18.9. The summed E-state index contributed by atoms with van der Waals surface area (Å²) in [6.45, 7) is 0. The van der Waals surface area contributed by atoms with Crippen molar-refractivity contribution in [1.82, 2.24) is 15.2 Å². The van der Waals surface area contributed by atoms with Gasteiger partial charge in [0.25, 0.3) is 0 Å². The van der Waals surface area contributed by atoms with E-state index in [1.165, 1.54) is 6.33 Å². The lowest BCUT2D eigenvalue weighted by molar-refractivity contribution is 0.486. The Labute approximate surface area is 88.5 Å². The quantitative estimate of drug-likeness (QED) is 0.806. The molecule has 15 heavy (non-hydrogen) atoms. The molecule has 0 amide bonds. The van der Waals surface area contributed by atoms with Crippen LogP contribution in [0, 0.1) is 0 Å². The minimum absolute atomic E-state index is 0.195. The SMILES string of the molecule is O=S(=O)(Nc1ncn[nH]1)C1CCCCC1. The second-order valence-electron chi connectivity index (χ2n) is 3.74. The first-order valence-corrected chi connectivity index (χ1v) is 6.60. The first kappa shape index (κ1) is 10.4. The second-order valence-corrected chi connectivity index (χ2v) is 5.70. The Morgan fingerprint density at radius 3 is 2.67 bits per heavy atom. The molecule has 6 nitrogen and oxygen atoms in total. The molecule has 0 bridgehead atoms. The molecule has 0 spiro atoms. The molecule has 7 heteroatoms. The smallest absolute Gasteiger partial charge is 0.237 e. The van der Waals surface area contributed by atoms with Gasteiger partial charge in [0, 0.05) is 0 Å². The fourth-order valence-electron chi connectivity index (χ4n) is 1.85. The van der Waals surface area contributed by atoms with E-state index in [0.717, 1.165) is 32.1 Å². The molecule has 0 atom stereocenters. The van der Waals surface area contributed by atoms with Crippen molar-refractivity contribution in [3.8, 4) is 0 Å². The molecule has 2 N–H and O–H groups in total. The molecule has 1 aliphatic rings. The molecule has 2 rings (SSSR count). The van der Waals surface area contributed by atoms with Gasteiger partial charge in [-0.2, -0.15) is 10.1 Å². The van der Waals surface area contributed by atoms with Gasteiger partial charge in [-0.15, -0.1) is 0 Å². The summed E-state index contributed by atoms with van der Waals surface area (Å²) in [6, 6.07) is 0. The van der Waals surface area contributed by atoms with Crippen molar-refractivity contribution in [3.05, 3.63) is 6.33 Å². The molecule has 1 aliphatic carbocycles. The first-order chi connectivity index (χ1) is 7.18. The van der Waals surface area contributed by atoms with Crippen LogP contribution < -0.4 is 4.72 Å². The number of aromatic amines is 1. The number of nitrogens with one attached hydrogen (secondary N) is 2. The number of H-pyrrole nitrogens is 1. The van der Waals surface area contributed by atoms with Crippen molar-refractivity contribution >= 4 is 16.0 Å². The summed E-state index contributed by atoms with van der Waals surface area (Å²) in [5.41, 5.74) is 0.